The van der Waals surface area contributed by atoms with E-state index in [4.69, 9.17) is 4.74 Å². The summed E-state index contributed by atoms with van der Waals surface area (Å²) < 4.78 is 6.69. The van der Waals surface area contributed by atoms with Gasteiger partial charge in [-0.2, -0.15) is 0 Å². The summed E-state index contributed by atoms with van der Waals surface area (Å²) in [5.74, 6) is 1.30. The number of ether oxygens (including phenoxy) is 1. The summed E-state index contributed by atoms with van der Waals surface area (Å²) in [5, 5.41) is 0. The topological polar surface area (TPSA) is 9.23 Å². The highest BCUT2D eigenvalue weighted by Gasteiger charge is 2.21. The third-order valence-electron chi connectivity index (χ3n) is 3.30. The molecule has 82 valence electrons. The van der Waals surface area contributed by atoms with Crippen molar-refractivity contribution < 1.29 is 4.74 Å². The van der Waals surface area contributed by atoms with Crippen LogP contribution in [-0.2, 0) is 4.74 Å². The molecule has 1 nitrogen and oxygen atoms in total. The lowest BCUT2D eigenvalue weighted by atomic mass is 9.84. The Balaban J connectivity index is 2.05. The van der Waals surface area contributed by atoms with Crippen LogP contribution in [0.3, 0.4) is 0 Å². The van der Waals surface area contributed by atoms with Gasteiger partial charge in [-0.25, -0.2) is 0 Å². The molecule has 1 aliphatic rings. The molecule has 1 aliphatic heterocycles. The molecule has 0 N–H and O–H groups in total. The fourth-order valence-electron chi connectivity index (χ4n) is 2.20. The van der Waals surface area contributed by atoms with Gasteiger partial charge in [-0.3, -0.25) is 0 Å². The molecule has 1 saturated heterocycles. The van der Waals surface area contributed by atoms with E-state index in [1.807, 2.05) is 0 Å². The fourth-order valence-corrected chi connectivity index (χ4v) is 2.46. The average molecular weight is 269 g/mol. The first-order chi connectivity index (χ1) is 7.27. The molecular formula is C13H17BrO. The Kier molecular flexibility index (Phi) is 3.81. The highest BCUT2D eigenvalue weighted by molar-refractivity contribution is 9.10. The second kappa shape index (κ2) is 5.13. The highest BCUT2D eigenvalue weighted by atomic mass is 79.9. The van der Waals surface area contributed by atoms with Crippen molar-refractivity contribution in [3.05, 3.63) is 34.3 Å². The Hall–Kier alpha value is -0.340. The van der Waals surface area contributed by atoms with Gasteiger partial charge in [0.1, 0.15) is 0 Å². The SMILES string of the molecule is CC(c1ccc(Br)cc1)C1CCCOC1. The summed E-state index contributed by atoms with van der Waals surface area (Å²) in [5.41, 5.74) is 1.42. The van der Waals surface area contributed by atoms with Gasteiger partial charge in [0, 0.05) is 17.7 Å². The minimum atomic E-state index is 0.610. The number of hydrogen-bond acceptors (Lipinski definition) is 1. The molecule has 1 fully saturated rings. The molecule has 1 aromatic rings. The predicted molar refractivity (Wildman–Crippen MR) is 66.1 cm³/mol. The van der Waals surface area contributed by atoms with E-state index in [0.717, 1.165) is 17.7 Å². The van der Waals surface area contributed by atoms with Gasteiger partial charge in [-0.1, -0.05) is 35.0 Å². The molecule has 2 atom stereocenters. The van der Waals surface area contributed by atoms with Crippen LogP contribution in [0.1, 0.15) is 31.2 Å². The van der Waals surface area contributed by atoms with Crippen LogP contribution in [0.5, 0.6) is 0 Å². The van der Waals surface area contributed by atoms with Crippen LogP contribution in [0.25, 0.3) is 0 Å². The summed E-state index contributed by atoms with van der Waals surface area (Å²) in [4.78, 5) is 0. The van der Waals surface area contributed by atoms with Crippen LogP contribution in [0.4, 0.5) is 0 Å². The first-order valence-corrected chi connectivity index (χ1v) is 6.40. The maximum absolute atomic E-state index is 5.54. The minimum Gasteiger partial charge on any atom is -0.381 e. The van der Waals surface area contributed by atoms with E-state index in [1.165, 1.54) is 18.4 Å². The molecular weight excluding hydrogens is 252 g/mol. The van der Waals surface area contributed by atoms with Gasteiger partial charge in [0.05, 0.1) is 0 Å². The molecule has 0 amide bonds. The van der Waals surface area contributed by atoms with Gasteiger partial charge in [-0.05, 0) is 42.4 Å². The Morgan fingerprint density at radius 2 is 2.07 bits per heavy atom. The Labute approximate surface area is 100.0 Å². The van der Waals surface area contributed by atoms with Crippen molar-refractivity contribution in [2.45, 2.75) is 25.7 Å². The van der Waals surface area contributed by atoms with Crippen molar-refractivity contribution in [3.63, 3.8) is 0 Å². The van der Waals surface area contributed by atoms with Gasteiger partial charge >= 0.3 is 0 Å². The summed E-state index contributed by atoms with van der Waals surface area (Å²) in [6.07, 6.45) is 2.52. The molecule has 1 heterocycles. The van der Waals surface area contributed by atoms with Crippen molar-refractivity contribution in [2.24, 2.45) is 5.92 Å². The second-order valence-electron chi connectivity index (χ2n) is 4.32. The molecule has 15 heavy (non-hydrogen) atoms. The van der Waals surface area contributed by atoms with E-state index in [-0.39, 0.29) is 0 Å². The van der Waals surface area contributed by atoms with E-state index in [2.05, 4.69) is 47.1 Å². The van der Waals surface area contributed by atoms with Crippen molar-refractivity contribution in [1.82, 2.24) is 0 Å². The molecule has 2 unspecified atom stereocenters. The van der Waals surface area contributed by atoms with Crippen molar-refractivity contribution in [2.75, 3.05) is 13.2 Å². The van der Waals surface area contributed by atoms with Crippen molar-refractivity contribution >= 4 is 15.9 Å². The number of hydrogen-bond donors (Lipinski definition) is 0. The van der Waals surface area contributed by atoms with E-state index >= 15 is 0 Å². The number of halogens is 1. The van der Waals surface area contributed by atoms with Gasteiger partial charge in [0.15, 0.2) is 0 Å². The Bertz CT molecular complexity index is 301. The Morgan fingerprint density at radius 1 is 1.33 bits per heavy atom. The van der Waals surface area contributed by atoms with Gasteiger partial charge < -0.3 is 4.74 Å². The summed E-state index contributed by atoms with van der Waals surface area (Å²) in [6.45, 7) is 4.18. The van der Waals surface area contributed by atoms with Crippen LogP contribution in [-0.4, -0.2) is 13.2 Å². The second-order valence-corrected chi connectivity index (χ2v) is 5.23. The van der Waals surface area contributed by atoms with E-state index in [0.29, 0.717) is 11.8 Å². The summed E-state index contributed by atoms with van der Waals surface area (Å²) in [7, 11) is 0. The minimum absolute atomic E-state index is 0.610. The lowest BCUT2D eigenvalue weighted by molar-refractivity contribution is 0.0463. The standard InChI is InChI=1S/C13H17BrO/c1-10(12-3-2-8-15-9-12)11-4-6-13(14)7-5-11/h4-7,10,12H,2-3,8-9H2,1H3. The summed E-state index contributed by atoms with van der Waals surface area (Å²) >= 11 is 3.47. The van der Waals surface area contributed by atoms with E-state index in [1.54, 1.807) is 0 Å². The molecule has 0 radical (unpaired) electrons. The van der Waals surface area contributed by atoms with Crippen molar-refractivity contribution in [3.8, 4) is 0 Å². The van der Waals surface area contributed by atoms with E-state index < -0.39 is 0 Å². The zero-order valence-corrected chi connectivity index (χ0v) is 10.7. The first kappa shape index (κ1) is 11.2. The van der Waals surface area contributed by atoms with Gasteiger partial charge in [-0.15, -0.1) is 0 Å². The smallest absolute Gasteiger partial charge is 0.0500 e. The monoisotopic (exact) mass is 268 g/mol. The van der Waals surface area contributed by atoms with Gasteiger partial charge in [0.25, 0.3) is 0 Å². The largest absolute Gasteiger partial charge is 0.381 e. The lowest BCUT2D eigenvalue weighted by Gasteiger charge is -2.28. The third-order valence-corrected chi connectivity index (χ3v) is 3.83. The number of benzene rings is 1. The van der Waals surface area contributed by atoms with Crippen LogP contribution >= 0.6 is 15.9 Å². The molecule has 2 heteroatoms. The average Bonchev–Trinajstić information content (AvgIpc) is 2.30. The Morgan fingerprint density at radius 3 is 2.67 bits per heavy atom. The normalized spacial score (nSPS) is 23.7. The van der Waals surface area contributed by atoms with Crippen LogP contribution in [0.2, 0.25) is 0 Å². The highest BCUT2D eigenvalue weighted by Crippen LogP contribution is 2.30. The molecule has 0 spiro atoms. The van der Waals surface area contributed by atoms with Crippen LogP contribution < -0.4 is 0 Å². The van der Waals surface area contributed by atoms with Crippen molar-refractivity contribution in [1.29, 1.82) is 0 Å². The zero-order chi connectivity index (χ0) is 10.7. The zero-order valence-electron chi connectivity index (χ0n) is 9.08. The molecule has 1 aromatic carbocycles. The quantitative estimate of drug-likeness (QED) is 0.789. The summed E-state index contributed by atoms with van der Waals surface area (Å²) in [6, 6.07) is 8.66. The molecule has 0 aromatic heterocycles. The number of rotatable bonds is 2. The molecule has 0 aliphatic carbocycles. The first-order valence-electron chi connectivity index (χ1n) is 5.60. The maximum Gasteiger partial charge on any atom is 0.0500 e. The predicted octanol–water partition coefficient (Wildman–Crippen LogP) is 3.98. The maximum atomic E-state index is 5.54. The fraction of sp³-hybridized carbons (Fsp3) is 0.538. The van der Waals surface area contributed by atoms with Gasteiger partial charge in [0.2, 0.25) is 0 Å². The van der Waals surface area contributed by atoms with Crippen LogP contribution in [0, 0.1) is 5.92 Å². The van der Waals surface area contributed by atoms with Crippen LogP contribution in [0.15, 0.2) is 28.7 Å². The molecule has 2 rings (SSSR count). The third kappa shape index (κ3) is 2.82. The lowest BCUT2D eigenvalue weighted by Crippen LogP contribution is -2.22. The van der Waals surface area contributed by atoms with E-state index in [9.17, 15) is 0 Å². The molecule has 0 bridgehead atoms. The molecule has 0 saturated carbocycles.